The van der Waals surface area contributed by atoms with Crippen molar-refractivity contribution in [2.24, 2.45) is 0 Å². The Morgan fingerprint density at radius 2 is 1.06 bits per heavy atom. The number of nitrogens with one attached hydrogen (secondary N) is 1. The van der Waals surface area contributed by atoms with Crippen LogP contribution in [0.4, 0.5) is 5.69 Å². The Morgan fingerprint density at radius 3 is 1.81 bits per heavy atom. The lowest BCUT2D eigenvalue weighted by Crippen LogP contribution is -2.57. The van der Waals surface area contributed by atoms with Gasteiger partial charge in [0.1, 0.15) is 12.3 Å². The molecular formula is C44H31N3S. The van der Waals surface area contributed by atoms with E-state index in [1.165, 1.54) is 69.9 Å². The fraction of sp³-hybridized carbons (Fsp3) is 0.0455. The van der Waals surface area contributed by atoms with Gasteiger partial charge in [-0.25, -0.2) is 0 Å². The van der Waals surface area contributed by atoms with Gasteiger partial charge in [-0.05, 0) is 64.7 Å². The molecule has 2 atom stereocenters. The minimum Gasteiger partial charge on any atom is -0.332 e. The monoisotopic (exact) mass is 633 g/mol. The Morgan fingerprint density at radius 1 is 0.458 bits per heavy atom. The van der Waals surface area contributed by atoms with Crippen molar-refractivity contribution in [3.8, 4) is 16.8 Å². The van der Waals surface area contributed by atoms with Crippen molar-refractivity contribution in [3.63, 3.8) is 0 Å². The van der Waals surface area contributed by atoms with Crippen LogP contribution >= 0.6 is 11.3 Å². The number of hydrogen-bond donors (Lipinski definition) is 1. The first-order chi connectivity index (χ1) is 23.8. The lowest BCUT2D eigenvalue weighted by molar-refractivity contribution is 0.276. The highest BCUT2D eigenvalue weighted by molar-refractivity contribution is 7.26. The quantitative estimate of drug-likeness (QED) is 0.203. The van der Waals surface area contributed by atoms with Crippen LogP contribution in [0.2, 0.25) is 0 Å². The third-order valence-corrected chi connectivity index (χ3v) is 11.1. The highest BCUT2D eigenvalue weighted by Gasteiger charge is 2.39. The maximum absolute atomic E-state index is 3.82. The molecule has 3 nitrogen and oxygen atoms in total. The van der Waals surface area contributed by atoms with Crippen molar-refractivity contribution in [3.05, 3.63) is 181 Å². The Labute approximate surface area is 282 Å². The number of rotatable bonds is 5. The summed E-state index contributed by atoms with van der Waals surface area (Å²) >= 11 is 1.89. The zero-order chi connectivity index (χ0) is 31.6. The van der Waals surface area contributed by atoms with Gasteiger partial charge in [0.25, 0.3) is 0 Å². The number of benzene rings is 7. The van der Waals surface area contributed by atoms with Crippen LogP contribution in [0.25, 0.3) is 58.8 Å². The summed E-state index contributed by atoms with van der Waals surface area (Å²) in [6.07, 6.45) is 0.212. The topological polar surface area (TPSA) is 20.2 Å². The molecule has 0 amide bonds. The number of fused-ring (bicyclic) bond motifs is 6. The second kappa shape index (κ2) is 11.0. The van der Waals surface area contributed by atoms with Crippen LogP contribution in [0.3, 0.4) is 0 Å². The molecule has 9 aromatic rings. The molecule has 0 saturated carbocycles. The fourth-order valence-electron chi connectivity index (χ4n) is 7.62. The Bertz CT molecular complexity index is 2560. The van der Waals surface area contributed by atoms with Crippen LogP contribution in [0, 0.1) is 0 Å². The van der Waals surface area contributed by atoms with Crippen molar-refractivity contribution in [1.82, 2.24) is 9.88 Å². The first kappa shape index (κ1) is 27.4. The summed E-state index contributed by atoms with van der Waals surface area (Å²) in [5.41, 5.74) is 9.83. The van der Waals surface area contributed by atoms with Gasteiger partial charge in [-0.15, -0.1) is 11.3 Å². The maximum Gasteiger partial charge on any atom is 0.109 e. The van der Waals surface area contributed by atoms with Gasteiger partial charge in [-0.2, -0.15) is 0 Å². The average molecular weight is 634 g/mol. The molecule has 10 rings (SSSR count). The van der Waals surface area contributed by atoms with Gasteiger partial charge in [-0.1, -0.05) is 127 Å². The van der Waals surface area contributed by atoms with Gasteiger partial charge in [0.05, 0.1) is 11.0 Å². The normalized spacial score (nSPS) is 16.2. The molecular weight excluding hydrogens is 603 g/mol. The molecule has 228 valence electrons. The number of para-hydroxylation sites is 1. The molecule has 2 aromatic heterocycles. The average Bonchev–Trinajstić information content (AvgIpc) is 3.68. The summed E-state index contributed by atoms with van der Waals surface area (Å²) in [6, 6.07) is 61.8. The summed E-state index contributed by atoms with van der Waals surface area (Å²) in [5, 5.41) is 9.00. The molecule has 2 unspecified atom stereocenters. The number of thiophene rings is 1. The molecule has 7 aromatic carbocycles. The molecule has 0 aliphatic carbocycles. The zero-order valence-corrected chi connectivity index (χ0v) is 26.9. The van der Waals surface area contributed by atoms with E-state index in [1.54, 1.807) is 0 Å². The number of hydrogen-bond acceptors (Lipinski definition) is 3. The third kappa shape index (κ3) is 4.24. The molecule has 1 N–H and O–H groups in total. The van der Waals surface area contributed by atoms with E-state index in [1.807, 2.05) is 11.3 Å². The van der Waals surface area contributed by atoms with Crippen LogP contribution in [0.1, 0.15) is 23.5 Å². The van der Waals surface area contributed by atoms with Crippen LogP contribution in [0.15, 0.2) is 170 Å². The van der Waals surface area contributed by atoms with E-state index >= 15 is 0 Å². The van der Waals surface area contributed by atoms with E-state index in [0.717, 1.165) is 5.69 Å². The minimum absolute atomic E-state index is 0.106. The number of aromatic nitrogens is 1. The lowest BCUT2D eigenvalue weighted by Gasteiger charge is -2.51. The highest BCUT2D eigenvalue weighted by atomic mass is 32.1. The van der Waals surface area contributed by atoms with E-state index in [0.29, 0.717) is 0 Å². The van der Waals surface area contributed by atoms with Gasteiger partial charge < -0.3 is 9.47 Å². The van der Waals surface area contributed by atoms with Gasteiger partial charge in [0, 0.05) is 42.3 Å². The molecule has 4 heteroatoms. The zero-order valence-electron chi connectivity index (χ0n) is 26.1. The van der Waals surface area contributed by atoms with Crippen molar-refractivity contribution >= 4 is 59.0 Å². The van der Waals surface area contributed by atoms with Crippen molar-refractivity contribution < 1.29 is 0 Å². The second-order valence-corrected chi connectivity index (χ2v) is 13.6. The maximum atomic E-state index is 3.82. The van der Waals surface area contributed by atoms with Gasteiger partial charge in [-0.3, -0.25) is 5.32 Å². The lowest BCUT2D eigenvalue weighted by atomic mass is 10.00. The predicted octanol–water partition coefficient (Wildman–Crippen LogP) is 11.6. The largest absolute Gasteiger partial charge is 0.332 e. The van der Waals surface area contributed by atoms with E-state index in [-0.39, 0.29) is 12.3 Å². The molecule has 0 spiro atoms. The molecule has 3 heterocycles. The molecule has 0 radical (unpaired) electrons. The Kier molecular flexibility index (Phi) is 6.26. The number of nitrogens with zero attached hydrogens (tertiary/aromatic N) is 2. The van der Waals surface area contributed by atoms with Crippen molar-refractivity contribution in [2.45, 2.75) is 12.3 Å². The van der Waals surface area contributed by atoms with E-state index in [9.17, 15) is 0 Å². The van der Waals surface area contributed by atoms with Crippen LogP contribution in [0.5, 0.6) is 0 Å². The van der Waals surface area contributed by atoms with Gasteiger partial charge in [0.2, 0.25) is 0 Å². The Balaban J connectivity index is 1.10. The highest BCUT2D eigenvalue weighted by Crippen LogP contribution is 2.44. The summed E-state index contributed by atoms with van der Waals surface area (Å²) in [6.45, 7) is 0. The van der Waals surface area contributed by atoms with Crippen LogP contribution < -0.4 is 10.2 Å². The van der Waals surface area contributed by atoms with Gasteiger partial charge in [0.15, 0.2) is 0 Å². The summed E-state index contributed by atoms with van der Waals surface area (Å²) < 4.78 is 5.10. The third-order valence-electron chi connectivity index (χ3n) is 9.90. The van der Waals surface area contributed by atoms with E-state index in [2.05, 4.69) is 185 Å². The summed E-state index contributed by atoms with van der Waals surface area (Å²) in [5.74, 6) is 0. The van der Waals surface area contributed by atoms with Crippen LogP contribution in [-0.4, -0.2) is 4.57 Å². The molecule has 1 aliphatic heterocycles. The van der Waals surface area contributed by atoms with Crippen molar-refractivity contribution in [1.29, 1.82) is 0 Å². The second-order valence-electron chi connectivity index (χ2n) is 12.6. The molecule has 1 fully saturated rings. The first-order valence-electron chi connectivity index (χ1n) is 16.5. The Hall–Kier alpha value is -5.68. The SMILES string of the molecule is c1ccc(C2NC(c3ccccc3)N2c2ccc(-n3c4ccccc4c4ccc(-c5cccc6c5sc5ccccc56)cc43)cc2)cc1. The number of anilines is 1. The van der Waals surface area contributed by atoms with E-state index < -0.39 is 0 Å². The predicted molar refractivity (Wildman–Crippen MR) is 203 cm³/mol. The van der Waals surface area contributed by atoms with Crippen molar-refractivity contribution in [2.75, 3.05) is 4.90 Å². The van der Waals surface area contributed by atoms with E-state index in [4.69, 9.17) is 0 Å². The molecule has 0 bridgehead atoms. The smallest absolute Gasteiger partial charge is 0.109 e. The van der Waals surface area contributed by atoms with Crippen LogP contribution in [-0.2, 0) is 0 Å². The van der Waals surface area contributed by atoms with Gasteiger partial charge >= 0.3 is 0 Å². The summed E-state index contributed by atoms with van der Waals surface area (Å²) in [7, 11) is 0. The molecule has 1 saturated heterocycles. The summed E-state index contributed by atoms with van der Waals surface area (Å²) in [4.78, 5) is 2.49. The standard InChI is InChI=1S/C44H31N3S/c1-3-12-29(13-4-1)43-45-44(30-14-5-2-6-15-30)47(43)33-25-23-32(24-26-33)46-39-20-9-7-16-35(39)36-27-22-31(28-40(36)46)34-18-11-19-38-37-17-8-10-21-41(37)48-42(34)38/h1-28,43-45H. The molecule has 1 aliphatic rings. The fourth-order valence-corrected chi connectivity index (χ4v) is 8.86. The molecule has 48 heavy (non-hydrogen) atoms. The minimum atomic E-state index is 0.106. The first-order valence-corrected chi connectivity index (χ1v) is 17.3.